The minimum Gasteiger partial charge on any atom is -0.378 e. The number of benzene rings is 2. The van der Waals surface area contributed by atoms with Crippen LogP contribution in [0.25, 0.3) is 11.3 Å². The van der Waals surface area contributed by atoms with Gasteiger partial charge in [-0.2, -0.15) is 0 Å². The molecular weight excluding hydrogens is 329 g/mol. The monoisotopic (exact) mass is 351 g/mol. The number of halogens is 1. The highest BCUT2D eigenvalue weighted by Crippen LogP contribution is 2.26. The summed E-state index contributed by atoms with van der Waals surface area (Å²) in [5.74, 6) is 0.608. The maximum Gasteiger partial charge on any atom is 0.126 e. The molecule has 26 heavy (non-hydrogen) atoms. The van der Waals surface area contributed by atoms with Crippen molar-refractivity contribution in [2.75, 3.05) is 19.8 Å². The molecule has 4 rings (SSSR count). The van der Waals surface area contributed by atoms with E-state index < -0.39 is 0 Å². The molecule has 1 aliphatic rings. The van der Waals surface area contributed by atoms with Gasteiger partial charge < -0.3 is 9.72 Å². The molecular formula is C21H22FN3O. The first-order valence-corrected chi connectivity index (χ1v) is 8.87. The summed E-state index contributed by atoms with van der Waals surface area (Å²) in [6, 6.07) is 15.2. The molecule has 0 amide bonds. The number of rotatable bonds is 4. The van der Waals surface area contributed by atoms with Crippen molar-refractivity contribution in [3.63, 3.8) is 0 Å². The number of aryl methyl sites for hydroxylation is 1. The Kier molecular flexibility index (Phi) is 4.82. The third-order valence-corrected chi connectivity index (χ3v) is 4.79. The van der Waals surface area contributed by atoms with Gasteiger partial charge in [0.15, 0.2) is 0 Å². The molecule has 1 N–H and O–H groups in total. The third-order valence-electron chi connectivity index (χ3n) is 4.79. The van der Waals surface area contributed by atoms with Gasteiger partial charge in [0.1, 0.15) is 11.6 Å². The quantitative estimate of drug-likeness (QED) is 0.769. The zero-order valence-electron chi connectivity index (χ0n) is 14.8. The standard InChI is InChI=1S/C21H22FN3O/c1-15-5-7-16(8-6-15)13-25-9-10-26-14-20(25)21-23-12-19(24-21)17-3-2-4-18(22)11-17/h2-8,11-12,20H,9-10,13-14H2,1H3,(H,23,24)/t20-/m0/s1. The Morgan fingerprint density at radius 3 is 2.88 bits per heavy atom. The average molecular weight is 351 g/mol. The fourth-order valence-electron chi connectivity index (χ4n) is 3.32. The van der Waals surface area contributed by atoms with Crippen LogP contribution < -0.4 is 0 Å². The van der Waals surface area contributed by atoms with E-state index in [4.69, 9.17) is 4.74 Å². The SMILES string of the molecule is Cc1ccc(CN2CCOC[C@H]2c2ncc(-c3cccc(F)c3)[nH]2)cc1. The molecule has 2 heterocycles. The Labute approximate surface area is 152 Å². The lowest BCUT2D eigenvalue weighted by atomic mass is 10.1. The van der Waals surface area contributed by atoms with Gasteiger partial charge in [0.25, 0.3) is 0 Å². The molecule has 0 saturated carbocycles. The van der Waals surface area contributed by atoms with E-state index in [1.54, 1.807) is 12.3 Å². The first-order chi connectivity index (χ1) is 12.7. The Hall–Kier alpha value is -2.50. The molecule has 1 atom stereocenters. The fraction of sp³-hybridized carbons (Fsp3) is 0.286. The molecule has 5 heteroatoms. The van der Waals surface area contributed by atoms with Gasteiger partial charge in [-0.25, -0.2) is 9.37 Å². The van der Waals surface area contributed by atoms with Gasteiger partial charge in [-0.15, -0.1) is 0 Å². The van der Waals surface area contributed by atoms with Gasteiger partial charge in [-0.1, -0.05) is 42.0 Å². The van der Waals surface area contributed by atoms with Crippen LogP contribution in [0.1, 0.15) is 23.0 Å². The Balaban J connectivity index is 1.55. The molecule has 3 aromatic rings. The summed E-state index contributed by atoms with van der Waals surface area (Å²) >= 11 is 0. The molecule has 134 valence electrons. The van der Waals surface area contributed by atoms with Crippen molar-refractivity contribution in [1.29, 1.82) is 0 Å². The van der Waals surface area contributed by atoms with Gasteiger partial charge in [0.2, 0.25) is 0 Å². The van der Waals surface area contributed by atoms with Crippen molar-refractivity contribution in [1.82, 2.24) is 14.9 Å². The average Bonchev–Trinajstić information content (AvgIpc) is 3.14. The lowest BCUT2D eigenvalue weighted by Gasteiger charge is -2.34. The second kappa shape index (κ2) is 7.40. The number of H-pyrrole nitrogens is 1. The largest absolute Gasteiger partial charge is 0.378 e. The number of nitrogens with one attached hydrogen (secondary N) is 1. The summed E-state index contributed by atoms with van der Waals surface area (Å²) in [4.78, 5) is 10.3. The van der Waals surface area contributed by atoms with E-state index in [0.29, 0.717) is 6.61 Å². The van der Waals surface area contributed by atoms with Gasteiger partial charge >= 0.3 is 0 Å². The molecule has 1 saturated heterocycles. The number of aromatic nitrogens is 2. The van der Waals surface area contributed by atoms with Crippen LogP contribution in [0, 0.1) is 12.7 Å². The minimum atomic E-state index is -0.249. The summed E-state index contributed by atoms with van der Waals surface area (Å²) in [7, 11) is 0. The van der Waals surface area contributed by atoms with Crippen molar-refractivity contribution in [3.8, 4) is 11.3 Å². The summed E-state index contributed by atoms with van der Waals surface area (Å²) in [5.41, 5.74) is 4.16. The summed E-state index contributed by atoms with van der Waals surface area (Å²) in [6.45, 7) is 5.12. The maximum absolute atomic E-state index is 13.5. The van der Waals surface area contributed by atoms with Gasteiger partial charge in [0, 0.05) is 18.7 Å². The highest BCUT2D eigenvalue weighted by atomic mass is 19.1. The molecule has 4 nitrogen and oxygen atoms in total. The van der Waals surface area contributed by atoms with Gasteiger partial charge in [-0.3, -0.25) is 4.90 Å². The van der Waals surface area contributed by atoms with E-state index in [1.807, 2.05) is 6.07 Å². The van der Waals surface area contributed by atoms with Crippen LogP contribution in [-0.2, 0) is 11.3 Å². The number of hydrogen-bond donors (Lipinski definition) is 1. The number of nitrogens with zero attached hydrogens (tertiary/aromatic N) is 2. The van der Waals surface area contributed by atoms with E-state index in [2.05, 4.69) is 46.1 Å². The summed E-state index contributed by atoms with van der Waals surface area (Å²) < 4.78 is 19.2. The molecule has 1 aromatic heterocycles. The second-order valence-corrected chi connectivity index (χ2v) is 6.74. The number of ether oxygens (including phenoxy) is 1. The highest BCUT2D eigenvalue weighted by Gasteiger charge is 2.27. The summed E-state index contributed by atoms with van der Waals surface area (Å²) in [5, 5.41) is 0. The van der Waals surface area contributed by atoms with Crippen molar-refractivity contribution in [2.24, 2.45) is 0 Å². The zero-order chi connectivity index (χ0) is 17.9. The van der Waals surface area contributed by atoms with E-state index in [9.17, 15) is 4.39 Å². The van der Waals surface area contributed by atoms with Gasteiger partial charge in [0.05, 0.1) is 31.1 Å². The van der Waals surface area contributed by atoms with Crippen molar-refractivity contribution in [2.45, 2.75) is 19.5 Å². The first-order valence-electron chi connectivity index (χ1n) is 8.87. The third kappa shape index (κ3) is 3.69. The van der Waals surface area contributed by atoms with Crippen LogP contribution in [0.15, 0.2) is 54.7 Å². The Morgan fingerprint density at radius 1 is 1.23 bits per heavy atom. The number of hydrogen-bond acceptors (Lipinski definition) is 3. The lowest BCUT2D eigenvalue weighted by Crippen LogP contribution is -2.39. The van der Waals surface area contributed by atoms with Crippen molar-refractivity contribution >= 4 is 0 Å². The minimum absolute atomic E-state index is 0.0624. The maximum atomic E-state index is 13.5. The predicted octanol–water partition coefficient (Wildman–Crippen LogP) is 4.10. The Bertz CT molecular complexity index is 875. The van der Waals surface area contributed by atoms with Gasteiger partial charge in [-0.05, 0) is 24.6 Å². The number of morpholine rings is 1. The van der Waals surface area contributed by atoms with E-state index in [1.165, 1.54) is 23.3 Å². The van der Waals surface area contributed by atoms with Crippen LogP contribution in [-0.4, -0.2) is 34.6 Å². The second-order valence-electron chi connectivity index (χ2n) is 6.74. The fourth-order valence-corrected chi connectivity index (χ4v) is 3.32. The first kappa shape index (κ1) is 16.9. The molecule has 1 fully saturated rings. The van der Waals surface area contributed by atoms with Crippen molar-refractivity contribution < 1.29 is 9.13 Å². The van der Waals surface area contributed by atoms with E-state index >= 15 is 0 Å². The highest BCUT2D eigenvalue weighted by molar-refractivity contribution is 5.58. The smallest absolute Gasteiger partial charge is 0.126 e. The normalized spacial score (nSPS) is 18.2. The van der Waals surface area contributed by atoms with Crippen LogP contribution in [0.4, 0.5) is 4.39 Å². The molecule has 0 bridgehead atoms. The number of aromatic amines is 1. The van der Waals surface area contributed by atoms with E-state index in [0.717, 1.165) is 36.8 Å². The molecule has 0 unspecified atom stereocenters. The molecule has 0 radical (unpaired) electrons. The summed E-state index contributed by atoms with van der Waals surface area (Å²) in [6.07, 6.45) is 1.77. The van der Waals surface area contributed by atoms with Crippen LogP contribution in [0.3, 0.4) is 0 Å². The number of imidazole rings is 1. The topological polar surface area (TPSA) is 41.1 Å². The van der Waals surface area contributed by atoms with Crippen molar-refractivity contribution in [3.05, 3.63) is 77.5 Å². The predicted molar refractivity (Wildman–Crippen MR) is 99.1 cm³/mol. The van der Waals surface area contributed by atoms with Crippen LogP contribution >= 0.6 is 0 Å². The van der Waals surface area contributed by atoms with E-state index in [-0.39, 0.29) is 11.9 Å². The molecule has 2 aromatic carbocycles. The van der Waals surface area contributed by atoms with Crippen LogP contribution in [0.5, 0.6) is 0 Å². The zero-order valence-corrected chi connectivity index (χ0v) is 14.8. The molecule has 0 aliphatic carbocycles. The molecule has 0 spiro atoms. The molecule has 1 aliphatic heterocycles. The van der Waals surface area contributed by atoms with Crippen LogP contribution in [0.2, 0.25) is 0 Å². The Morgan fingerprint density at radius 2 is 2.08 bits per heavy atom. The lowest BCUT2D eigenvalue weighted by molar-refractivity contribution is -0.0156.